The minimum absolute atomic E-state index is 0.367. The topological polar surface area (TPSA) is 21.3 Å². The van der Waals surface area contributed by atoms with Crippen LogP contribution in [0.15, 0.2) is 30.3 Å². The lowest BCUT2D eigenvalue weighted by Gasteiger charge is -2.42. The standard InChI is InChI=1S/C19H29NO/c1-21-17-13-8-14-20-19(17)18(15-9-4-2-5-10-15)16-11-6-3-7-12-16/h2,4-5,9-10,16-20H,3,6-8,11-14H2,1H3. The van der Waals surface area contributed by atoms with Gasteiger partial charge in [0.2, 0.25) is 0 Å². The molecule has 0 aromatic heterocycles. The molecule has 1 aromatic rings. The van der Waals surface area contributed by atoms with E-state index >= 15 is 0 Å². The van der Waals surface area contributed by atoms with E-state index in [0.717, 1.165) is 12.5 Å². The van der Waals surface area contributed by atoms with Gasteiger partial charge in [-0.15, -0.1) is 0 Å². The van der Waals surface area contributed by atoms with E-state index < -0.39 is 0 Å². The summed E-state index contributed by atoms with van der Waals surface area (Å²) in [6, 6.07) is 11.6. The van der Waals surface area contributed by atoms with E-state index in [4.69, 9.17) is 4.74 Å². The Morgan fingerprint density at radius 2 is 1.76 bits per heavy atom. The highest BCUT2D eigenvalue weighted by Gasteiger charge is 2.37. The Balaban J connectivity index is 1.87. The summed E-state index contributed by atoms with van der Waals surface area (Å²) in [5.41, 5.74) is 1.51. The molecule has 1 N–H and O–H groups in total. The molecule has 1 saturated heterocycles. The van der Waals surface area contributed by atoms with Gasteiger partial charge in [0.1, 0.15) is 0 Å². The maximum Gasteiger partial charge on any atom is 0.0730 e. The van der Waals surface area contributed by atoms with Crippen molar-refractivity contribution in [2.45, 2.75) is 63.0 Å². The zero-order chi connectivity index (χ0) is 14.5. The van der Waals surface area contributed by atoms with Crippen molar-refractivity contribution in [3.8, 4) is 0 Å². The molecule has 2 fully saturated rings. The molecule has 3 rings (SSSR count). The van der Waals surface area contributed by atoms with Crippen LogP contribution in [0, 0.1) is 5.92 Å². The van der Waals surface area contributed by atoms with Crippen LogP contribution in [0.5, 0.6) is 0 Å². The second kappa shape index (κ2) is 7.42. The van der Waals surface area contributed by atoms with Gasteiger partial charge in [-0.2, -0.15) is 0 Å². The molecule has 1 aliphatic carbocycles. The van der Waals surface area contributed by atoms with E-state index in [1.807, 2.05) is 7.11 Å². The molecule has 0 spiro atoms. The Kier molecular flexibility index (Phi) is 5.32. The van der Waals surface area contributed by atoms with Crippen LogP contribution in [-0.2, 0) is 4.74 Å². The van der Waals surface area contributed by atoms with Crippen LogP contribution in [0.4, 0.5) is 0 Å². The second-order valence-corrected chi connectivity index (χ2v) is 6.73. The van der Waals surface area contributed by atoms with Crippen LogP contribution >= 0.6 is 0 Å². The van der Waals surface area contributed by atoms with Crippen LogP contribution in [0.1, 0.15) is 56.4 Å². The lowest BCUT2D eigenvalue weighted by Crippen LogP contribution is -2.51. The molecule has 0 amide bonds. The maximum absolute atomic E-state index is 5.83. The molecule has 1 aliphatic heterocycles. The van der Waals surface area contributed by atoms with Gasteiger partial charge in [-0.1, -0.05) is 49.6 Å². The van der Waals surface area contributed by atoms with Crippen molar-refractivity contribution in [3.63, 3.8) is 0 Å². The number of hydrogen-bond donors (Lipinski definition) is 1. The Labute approximate surface area is 129 Å². The number of nitrogens with one attached hydrogen (secondary N) is 1. The predicted octanol–water partition coefficient (Wildman–Crippen LogP) is 4.12. The fourth-order valence-corrected chi connectivity index (χ4v) is 4.45. The van der Waals surface area contributed by atoms with Crippen molar-refractivity contribution >= 4 is 0 Å². The molecule has 21 heavy (non-hydrogen) atoms. The first-order chi connectivity index (χ1) is 10.4. The van der Waals surface area contributed by atoms with Crippen LogP contribution in [0.25, 0.3) is 0 Å². The van der Waals surface area contributed by atoms with Crippen molar-refractivity contribution in [3.05, 3.63) is 35.9 Å². The maximum atomic E-state index is 5.83. The number of rotatable bonds is 4. The third-order valence-electron chi connectivity index (χ3n) is 5.48. The molecular weight excluding hydrogens is 258 g/mol. The summed E-state index contributed by atoms with van der Waals surface area (Å²) in [4.78, 5) is 0. The fourth-order valence-electron chi connectivity index (χ4n) is 4.45. The molecule has 1 saturated carbocycles. The number of ether oxygens (including phenoxy) is 1. The lowest BCUT2D eigenvalue weighted by atomic mass is 9.71. The van der Waals surface area contributed by atoms with Gasteiger partial charge < -0.3 is 10.1 Å². The Bertz CT molecular complexity index is 413. The van der Waals surface area contributed by atoms with Gasteiger partial charge in [0.15, 0.2) is 0 Å². The van der Waals surface area contributed by atoms with E-state index in [2.05, 4.69) is 35.6 Å². The summed E-state index contributed by atoms with van der Waals surface area (Å²) in [6.45, 7) is 1.14. The zero-order valence-corrected chi connectivity index (χ0v) is 13.3. The molecule has 2 nitrogen and oxygen atoms in total. The second-order valence-electron chi connectivity index (χ2n) is 6.73. The Hall–Kier alpha value is -0.860. The van der Waals surface area contributed by atoms with Crippen molar-refractivity contribution in [1.29, 1.82) is 0 Å². The van der Waals surface area contributed by atoms with Crippen LogP contribution in [0.2, 0.25) is 0 Å². The summed E-state index contributed by atoms with van der Waals surface area (Å²) in [5, 5.41) is 3.79. The highest BCUT2D eigenvalue weighted by molar-refractivity contribution is 5.23. The highest BCUT2D eigenvalue weighted by atomic mass is 16.5. The molecule has 2 aliphatic rings. The molecule has 2 heteroatoms. The monoisotopic (exact) mass is 287 g/mol. The molecular formula is C19H29NO. The first-order valence-corrected chi connectivity index (χ1v) is 8.71. The van der Waals surface area contributed by atoms with Gasteiger partial charge in [0, 0.05) is 19.1 Å². The highest BCUT2D eigenvalue weighted by Crippen LogP contribution is 2.40. The van der Waals surface area contributed by atoms with Crippen LogP contribution < -0.4 is 5.32 Å². The third kappa shape index (κ3) is 3.49. The quantitative estimate of drug-likeness (QED) is 0.899. The normalized spacial score (nSPS) is 29.2. The summed E-state index contributed by atoms with van der Waals surface area (Å²) >= 11 is 0. The van der Waals surface area contributed by atoms with Gasteiger partial charge in [-0.25, -0.2) is 0 Å². The van der Waals surface area contributed by atoms with Crippen molar-refractivity contribution in [1.82, 2.24) is 5.32 Å². The molecule has 1 heterocycles. The van der Waals surface area contributed by atoms with Gasteiger partial charge in [0.05, 0.1) is 6.10 Å². The largest absolute Gasteiger partial charge is 0.380 e. The molecule has 116 valence electrons. The molecule has 0 radical (unpaired) electrons. The van der Waals surface area contributed by atoms with Gasteiger partial charge >= 0.3 is 0 Å². The van der Waals surface area contributed by atoms with E-state index in [0.29, 0.717) is 18.1 Å². The van der Waals surface area contributed by atoms with Crippen LogP contribution in [0.3, 0.4) is 0 Å². The smallest absolute Gasteiger partial charge is 0.0730 e. The first-order valence-electron chi connectivity index (χ1n) is 8.71. The minimum Gasteiger partial charge on any atom is -0.380 e. The molecule has 1 aromatic carbocycles. The summed E-state index contributed by atoms with van der Waals surface area (Å²) in [7, 11) is 1.88. The fraction of sp³-hybridized carbons (Fsp3) is 0.684. The number of methoxy groups -OCH3 is 1. The number of benzene rings is 1. The van der Waals surface area contributed by atoms with Crippen molar-refractivity contribution in [2.75, 3.05) is 13.7 Å². The molecule has 3 unspecified atom stereocenters. The zero-order valence-electron chi connectivity index (χ0n) is 13.3. The molecule has 0 bridgehead atoms. The van der Waals surface area contributed by atoms with Crippen LogP contribution in [-0.4, -0.2) is 25.8 Å². The molecule has 3 atom stereocenters. The van der Waals surface area contributed by atoms with E-state index in [9.17, 15) is 0 Å². The van der Waals surface area contributed by atoms with E-state index in [1.54, 1.807) is 0 Å². The minimum atomic E-state index is 0.367. The lowest BCUT2D eigenvalue weighted by molar-refractivity contribution is 0.0253. The summed E-state index contributed by atoms with van der Waals surface area (Å²) in [6.07, 6.45) is 9.79. The Morgan fingerprint density at radius 1 is 1.00 bits per heavy atom. The van der Waals surface area contributed by atoms with E-state index in [1.165, 1.54) is 50.5 Å². The van der Waals surface area contributed by atoms with E-state index in [-0.39, 0.29) is 0 Å². The average Bonchev–Trinajstić information content (AvgIpc) is 2.58. The van der Waals surface area contributed by atoms with Crippen molar-refractivity contribution in [2.24, 2.45) is 5.92 Å². The van der Waals surface area contributed by atoms with Crippen molar-refractivity contribution < 1.29 is 4.74 Å². The van der Waals surface area contributed by atoms with Gasteiger partial charge in [-0.05, 0) is 43.7 Å². The Morgan fingerprint density at radius 3 is 2.48 bits per heavy atom. The average molecular weight is 287 g/mol. The summed E-state index contributed by atoms with van der Waals surface area (Å²) < 4.78 is 5.83. The first kappa shape index (κ1) is 15.1. The SMILES string of the molecule is COC1CCCNC1C(c1ccccc1)C1CCCCC1. The number of hydrogen-bond acceptors (Lipinski definition) is 2. The summed E-state index contributed by atoms with van der Waals surface area (Å²) in [5.74, 6) is 1.42. The number of piperidine rings is 1. The third-order valence-corrected chi connectivity index (χ3v) is 5.48. The predicted molar refractivity (Wildman–Crippen MR) is 87.6 cm³/mol. The van der Waals surface area contributed by atoms with Gasteiger partial charge in [0.25, 0.3) is 0 Å². The van der Waals surface area contributed by atoms with Gasteiger partial charge in [-0.3, -0.25) is 0 Å².